The van der Waals surface area contributed by atoms with Crippen molar-refractivity contribution in [3.63, 3.8) is 0 Å². The van der Waals surface area contributed by atoms with Gasteiger partial charge in [0.15, 0.2) is 0 Å². The maximum absolute atomic E-state index is 6.43. The largest absolute Gasteiger partial charge is 0.391 e. The molecule has 4 nitrogen and oxygen atoms in total. The van der Waals surface area contributed by atoms with Crippen LogP contribution < -0.4 is 0 Å². The molecule has 1 heterocycles. The molecular formula is C19H18ClN3O. The molecule has 0 saturated carbocycles. The molecule has 122 valence electrons. The quantitative estimate of drug-likeness (QED) is 0.499. The van der Waals surface area contributed by atoms with E-state index in [2.05, 4.69) is 17.2 Å². The van der Waals surface area contributed by atoms with Gasteiger partial charge in [-0.2, -0.15) is 5.10 Å². The third-order valence-corrected chi connectivity index (χ3v) is 4.02. The average molecular weight is 340 g/mol. The number of nitrogens with zero attached hydrogens (tertiary/aromatic N) is 3. The molecule has 0 spiro atoms. The number of benzene rings is 2. The zero-order chi connectivity index (χ0) is 16.9. The highest BCUT2D eigenvalue weighted by molar-refractivity contribution is 6.32. The molecule has 3 rings (SSSR count). The van der Waals surface area contributed by atoms with Crippen molar-refractivity contribution in [2.24, 2.45) is 5.16 Å². The third kappa shape index (κ3) is 3.66. The van der Waals surface area contributed by atoms with Gasteiger partial charge in [0, 0.05) is 0 Å². The Morgan fingerprint density at radius 3 is 2.50 bits per heavy atom. The lowest BCUT2D eigenvalue weighted by Crippen LogP contribution is -1.96. The molecule has 0 N–H and O–H groups in total. The number of oxime groups is 1. The topological polar surface area (TPSA) is 39.4 Å². The minimum Gasteiger partial charge on any atom is -0.391 e. The van der Waals surface area contributed by atoms with E-state index in [1.54, 1.807) is 10.9 Å². The van der Waals surface area contributed by atoms with Crippen molar-refractivity contribution >= 4 is 17.8 Å². The van der Waals surface area contributed by atoms with Gasteiger partial charge < -0.3 is 4.84 Å². The Hall–Kier alpha value is -2.59. The second kappa shape index (κ2) is 7.32. The van der Waals surface area contributed by atoms with Gasteiger partial charge in [-0.25, -0.2) is 4.68 Å². The van der Waals surface area contributed by atoms with Crippen molar-refractivity contribution in [1.29, 1.82) is 0 Å². The van der Waals surface area contributed by atoms with Gasteiger partial charge in [0.05, 0.1) is 23.2 Å². The minimum atomic E-state index is 0.417. The molecule has 0 aliphatic heterocycles. The normalized spacial score (nSPS) is 11.1. The maximum Gasteiger partial charge on any atom is 0.142 e. The summed E-state index contributed by atoms with van der Waals surface area (Å²) in [4.78, 5) is 5.36. The van der Waals surface area contributed by atoms with E-state index in [9.17, 15) is 0 Å². The molecule has 0 aliphatic rings. The molecule has 2 aromatic carbocycles. The van der Waals surface area contributed by atoms with Gasteiger partial charge in [-0.15, -0.1) is 0 Å². The minimum absolute atomic E-state index is 0.417. The van der Waals surface area contributed by atoms with E-state index in [0.717, 1.165) is 22.5 Å². The molecule has 0 atom stereocenters. The average Bonchev–Trinajstić information content (AvgIpc) is 2.89. The molecular weight excluding hydrogens is 322 g/mol. The molecule has 0 unspecified atom stereocenters. The first kappa shape index (κ1) is 16.3. The van der Waals surface area contributed by atoms with Crippen LogP contribution in [0.5, 0.6) is 0 Å². The predicted molar refractivity (Wildman–Crippen MR) is 96.9 cm³/mol. The van der Waals surface area contributed by atoms with Gasteiger partial charge >= 0.3 is 0 Å². The van der Waals surface area contributed by atoms with Crippen molar-refractivity contribution in [1.82, 2.24) is 9.78 Å². The van der Waals surface area contributed by atoms with Gasteiger partial charge in [0.25, 0.3) is 0 Å². The Labute approximate surface area is 146 Å². The van der Waals surface area contributed by atoms with E-state index >= 15 is 0 Å². The summed E-state index contributed by atoms with van der Waals surface area (Å²) in [7, 11) is 0. The highest BCUT2D eigenvalue weighted by Crippen LogP contribution is 2.22. The van der Waals surface area contributed by atoms with Gasteiger partial charge in [-0.3, -0.25) is 0 Å². The predicted octanol–water partition coefficient (Wildman–Crippen LogP) is 4.69. The molecule has 1 aromatic heterocycles. The lowest BCUT2D eigenvalue weighted by molar-refractivity contribution is 0.132. The third-order valence-electron chi connectivity index (χ3n) is 3.66. The standard InChI is InChI=1S/C19H18ClN3O/c1-14-8-10-16(11-9-14)13-24-21-12-18-15(2)22-23(19(18)20)17-6-4-3-5-7-17/h3-12H,13H2,1-2H3. The van der Waals surface area contributed by atoms with Crippen LogP contribution in [0.1, 0.15) is 22.4 Å². The molecule has 0 amide bonds. The number of rotatable bonds is 5. The number of aryl methyl sites for hydroxylation is 2. The number of hydrogen-bond acceptors (Lipinski definition) is 3. The smallest absolute Gasteiger partial charge is 0.142 e. The fourth-order valence-electron chi connectivity index (χ4n) is 2.28. The lowest BCUT2D eigenvalue weighted by Gasteiger charge is -2.02. The summed E-state index contributed by atoms with van der Waals surface area (Å²) >= 11 is 6.43. The number of hydrogen-bond donors (Lipinski definition) is 0. The van der Waals surface area contributed by atoms with E-state index in [1.807, 2.05) is 61.5 Å². The van der Waals surface area contributed by atoms with Crippen LogP contribution in [0.25, 0.3) is 5.69 Å². The summed E-state index contributed by atoms with van der Waals surface area (Å²) in [5.41, 5.74) is 4.75. The number of aromatic nitrogens is 2. The molecule has 24 heavy (non-hydrogen) atoms. The van der Waals surface area contributed by atoms with Crippen molar-refractivity contribution in [3.05, 3.63) is 82.1 Å². The van der Waals surface area contributed by atoms with E-state index < -0.39 is 0 Å². The summed E-state index contributed by atoms with van der Waals surface area (Å²) in [5.74, 6) is 0. The summed E-state index contributed by atoms with van der Waals surface area (Å²) in [6.07, 6.45) is 1.61. The first-order valence-corrected chi connectivity index (χ1v) is 8.04. The van der Waals surface area contributed by atoms with Crippen LogP contribution in [0, 0.1) is 13.8 Å². The van der Waals surface area contributed by atoms with Crippen LogP contribution in [0.3, 0.4) is 0 Å². The van der Waals surface area contributed by atoms with Crippen LogP contribution >= 0.6 is 11.6 Å². The SMILES string of the molecule is Cc1ccc(CON=Cc2c(C)nn(-c3ccccc3)c2Cl)cc1. The Kier molecular flexibility index (Phi) is 4.96. The van der Waals surface area contributed by atoms with Gasteiger partial charge in [0.2, 0.25) is 0 Å². The van der Waals surface area contributed by atoms with Crippen LogP contribution in [0.4, 0.5) is 0 Å². The Morgan fingerprint density at radius 2 is 1.79 bits per heavy atom. The Balaban J connectivity index is 1.71. The van der Waals surface area contributed by atoms with Gasteiger partial charge in [-0.1, -0.05) is 64.8 Å². The molecule has 0 bridgehead atoms. The molecule has 0 saturated heterocycles. The highest BCUT2D eigenvalue weighted by Gasteiger charge is 2.12. The first-order valence-electron chi connectivity index (χ1n) is 7.66. The van der Waals surface area contributed by atoms with Crippen LogP contribution in [0.15, 0.2) is 59.8 Å². The summed E-state index contributed by atoms with van der Waals surface area (Å²) in [5, 5.41) is 9.01. The second-order valence-corrected chi connectivity index (χ2v) is 5.89. The zero-order valence-corrected chi connectivity index (χ0v) is 14.4. The monoisotopic (exact) mass is 339 g/mol. The van der Waals surface area contributed by atoms with Crippen molar-refractivity contribution in [2.45, 2.75) is 20.5 Å². The van der Waals surface area contributed by atoms with E-state index in [4.69, 9.17) is 16.4 Å². The first-order chi connectivity index (χ1) is 11.6. The fraction of sp³-hybridized carbons (Fsp3) is 0.158. The molecule has 0 aliphatic carbocycles. The van der Waals surface area contributed by atoms with Crippen LogP contribution in [-0.2, 0) is 11.4 Å². The van der Waals surface area contributed by atoms with Crippen molar-refractivity contribution in [3.8, 4) is 5.69 Å². The summed E-state index contributed by atoms with van der Waals surface area (Å²) in [6.45, 7) is 4.37. The fourth-order valence-corrected chi connectivity index (χ4v) is 2.61. The molecule has 5 heteroatoms. The lowest BCUT2D eigenvalue weighted by atomic mass is 10.2. The molecule has 0 fully saturated rings. The zero-order valence-electron chi connectivity index (χ0n) is 13.6. The summed E-state index contributed by atoms with van der Waals surface area (Å²) in [6, 6.07) is 17.9. The van der Waals surface area contributed by atoms with Gasteiger partial charge in [0.1, 0.15) is 11.8 Å². The van der Waals surface area contributed by atoms with Crippen molar-refractivity contribution < 1.29 is 4.84 Å². The van der Waals surface area contributed by atoms with Crippen LogP contribution in [0.2, 0.25) is 5.15 Å². The van der Waals surface area contributed by atoms with Gasteiger partial charge in [-0.05, 0) is 31.5 Å². The Bertz CT molecular complexity index is 839. The maximum atomic E-state index is 6.43. The van der Waals surface area contributed by atoms with E-state index in [1.165, 1.54) is 5.56 Å². The summed E-state index contributed by atoms with van der Waals surface area (Å²) < 4.78 is 1.69. The second-order valence-electron chi connectivity index (χ2n) is 5.53. The van der Waals surface area contributed by atoms with E-state index in [-0.39, 0.29) is 0 Å². The molecule has 3 aromatic rings. The molecule has 0 radical (unpaired) electrons. The van der Waals surface area contributed by atoms with Crippen LogP contribution in [-0.4, -0.2) is 16.0 Å². The Morgan fingerprint density at radius 1 is 1.08 bits per heavy atom. The van der Waals surface area contributed by atoms with E-state index in [0.29, 0.717) is 11.8 Å². The highest BCUT2D eigenvalue weighted by atomic mass is 35.5. The number of halogens is 1. The van der Waals surface area contributed by atoms with Crippen molar-refractivity contribution in [2.75, 3.05) is 0 Å². The number of para-hydroxylation sites is 1.